The first kappa shape index (κ1) is 13.4. The van der Waals surface area contributed by atoms with Crippen LogP contribution in [0, 0.1) is 11.6 Å². The predicted octanol–water partition coefficient (Wildman–Crippen LogP) is 2.61. The van der Waals surface area contributed by atoms with Gasteiger partial charge in [-0.15, -0.1) is 0 Å². The van der Waals surface area contributed by atoms with Crippen molar-refractivity contribution in [3.8, 4) is 11.3 Å². The number of rotatable bonds is 4. The highest BCUT2D eigenvalue weighted by Crippen LogP contribution is 2.24. The molecule has 0 atom stereocenters. The zero-order chi connectivity index (χ0) is 13.8. The summed E-state index contributed by atoms with van der Waals surface area (Å²) in [6, 6.07) is 4.79. The van der Waals surface area contributed by atoms with Gasteiger partial charge in [-0.25, -0.2) is 18.7 Å². The van der Waals surface area contributed by atoms with Gasteiger partial charge >= 0.3 is 0 Å². The SMILES string of the molecule is CNc1cc(-c2cc(F)ccc2F)nc(COC)n1. The first-order valence-electron chi connectivity index (χ1n) is 5.64. The van der Waals surface area contributed by atoms with Gasteiger partial charge in [-0.1, -0.05) is 0 Å². The van der Waals surface area contributed by atoms with Crippen molar-refractivity contribution < 1.29 is 13.5 Å². The average Bonchev–Trinajstić information content (AvgIpc) is 2.41. The predicted molar refractivity (Wildman–Crippen MR) is 67.6 cm³/mol. The van der Waals surface area contributed by atoms with E-state index in [0.717, 1.165) is 18.2 Å². The van der Waals surface area contributed by atoms with Gasteiger partial charge in [0.1, 0.15) is 24.1 Å². The van der Waals surface area contributed by atoms with Crippen LogP contribution in [-0.4, -0.2) is 24.1 Å². The van der Waals surface area contributed by atoms with E-state index in [1.54, 1.807) is 13.1 Å². The summed E-state index contributed by atoms with van der Waals surface area (Å²) in [7, 11) is 3.20. The van der Waals surface area contributed by atoms with Crippen LogP contribution in [0.5, 0.6) is 0 Å². The maximum atomic E-state index is 13.7. The number of nitrogens with one attached hydrogen (secondary N) is 1. The fourth-order valence-corrected chi connectivity index (χ4v) is 1.65. The highest BCUT2D eigenvalue weighted by molar-refractivity contribution is 5.63. The van der Waals surface area contributed by atoms with E-state index in [1.807, 2.05) is 0 Å². The summed E-state index contributed by atoms with van der Waals surface area (Å²) in [6.07, 6.45) is 0. The third-order valence-electron chi connectivity index (χ3n) is 2.51. The second-order valence-corrected chi connectivity index (χ2v) is 3.86. The van der Waals surface area contributed by atoms with E-state index < -0.39 is 11.6 Å². The van der Waals surface area contributed by atoms with Crippen molar-refractivity contribution in [2.45, 2.75) is 6.61 Å². The third-order valence-corrected chi connectivity index (χ3v) is 2.51. The lowest BCUT2D eigenvalue weighted by molar-refractivity contribution is 0.178. The number of ether oxygens (including phenoxy) is 1. The summed E-state index contributed by atoms with van der Waals surface area (Å²) in [6.45, 7) is 0.194. The number of halogens is 2. The molecule has 1 heterocycles. The van der Waals surface area contributed by atoms with Crippen molar-refractivity contribution >= 4 is 5.82 Å². The number of methoxy groups -OCH3 is 1. The normalized spacial score (nSPS) is 10.5. The number of hydrogen-bond donors (Lipinski definition) is 1. The summed E-state index contributed by atoms with van der Waals surface area (Å²) in [5.41, 5.74) is 0.402. The summed E-state index contributed by atoms with van der Waals surface area (Å²) in [5, 5.41) is 2.85. The van der Waals surface area contributed by atoms with E-state index in [0.29, 0.717) is 17.3 Å². The second-order valence-electron chi connectivity index (χ2n) is 3.86. The molecule has 0 amide bonds. The average molecular weight is 265 g/mol. The number of aromatic nitrogens is 2. The lowest BCUT2D eigenvalue weighted by Gasteiger charge is -2.08. The van der Waals surface area contributed by atoms with Crippen molar-refractivity contribution in [3.63, 3.8) is 0 Å². The molecule has 0 radical (unpaired) electrons. The molecule has 0 aliphatic heterocycles. The Balaban J connectivity index is 2.54. The molecule has 0 unspecified atom stereocenters. The highest BCUT2D eigenvalue weighted by Gasteiger charge is 2.11. The lowest BCUT2D eigenvalue weighted by Crippen LogP contribution is -2.03. The van der Waals surface area contributed by atoms with Crippen LogP contribution in [0.4, 0.5) is 14.6 Å². The van der Waals surface area contributed by atoms with Crippen LogP contribution in [0.25, 0.3) is 11.3 Å². The smallest absolute Gasteiger partial charge is 0.157 e. The van der Waals surface area contributed by atoms with Crippen LogP contribution in [-0.2, 0) is 11.3 Å². The fraction of sp³-hybridized carbons (Fsp3) is 0.231. The molecule has 1 aromatic heterocycles. The number of hydrogen-bond acceptors (Lipinski definition) is 4. The van der Waals surface area contributed by atoms with E-state index in [1.165, 1.54) is 7.11 Å². The van der Waals surface area contributed by atoms with Gasteiger partial charge in [0, 0.05) is 25.8 Å². The van der Waals surface area contributed by atoms with E-state index >= 15 is 0 Å². The topological polar surface area (TPSA) is 47.0 Å². The Bertz CT molecular complexity index is 590. The van der Waals surface area contributed by atoms with Crippen LogP contribution in [0.2, 0.25) is 0 Å². The number of benzene rings is 1. The molecular formula is C13H13F2N3O. The minimum Gasteiger partial charge on any atom is -0.377 e. The van der Waals surface area contributed by atoms with Gasteiger partial charge in [-0.3, -0.25) is 0 Å². The molecule has 0 fully saturated rings. The summed E-state index contributed by atoms with van der Waals surface area (Å²) >= 11 is 0. The molecule has 0 aliphatic carbocycles. The summed E-state index contributed by atoms with van der Waals surface area (Å²) in [5.74, 6) is -0.145. The Morgan fingerprint density at radius 2 is 2.00 bits per heavy atom. The Morgan fingerprint density at radius 3 is 2.68 bits per heavy atom. The van der Waals surface area contributed by atoms with Crippen LogP contribution < -0.4 is 5.32 Å². The third kappa shape index (κ3) is 3.03. The minimum atomic E-state index is -0.537. The van der Waals surface area contributed by atoms with Gasteiger partial charge in [0.2, 0.25) is 0 Å². The zero-order valence-corrected chi connectivity index (χ0v) is 10.6. The first-order chi connectivity index (χ1) is 9.13. The molecule has 0 saturated carbocycles. The molecule has 4 nitrogen and oxygen atoms in total. The van der Waals surface area contributed by atoms with Gasteiger partial charge in [0.25, 0.3) is 0 Å². The van der Waals surface area contributed by atoms with E-state index in [-0.39, 0.29) is 12.2 Å². The van der Waals surface area contributed by atoms with Crippen molar-refractivity contribution in [2.24, 2.45) is 0 Å². The largest absolute Gasteiger partial charge is 0.377 e. The number of nitrogens with zero attached hydrogens (tertiary/aromatic N) is 2. The van der Waals surface area contributed by atoms with Crippen molar-refractivity contribution in [1.29, 1.82) is 0 Å². The molecule has 6 heteroatoms. The van der Waals surface area contributed by atoms with Crippen LogP contribution in [0.3, 0.4) is 0 Å². The van der Waals surface area contributed by atoms with Gasteiger partial charge in [-0.05, 0) is 18.2 Å². The Kier molecular flexibility index (Phi) is 4.01. The molecular weight excluding hydrogens is 252 g/mol. The summed E-state index contributed by atoms with van der Waals surface area (Å²) in [4.78, 5) is 8.32. The molecule has 0 spiro atoms. The second kappa shape index (κ2) is 5.71. The molecule has 0 bridgehead atoms. The standard InChI is InChI=1S/C13H13F2N3O/c1-16-12-6-11(17-13(18-12)7-19-2)9-5-8(14)3-4-10(9)15/h3-6H,7H2,1-2H3,(H,16,17,18). The van der Waals surface area contributed by atoms with Gasteiger partial charge in [0.15, 0.2) is 5.82 Å². The lowest BCUT2D eigenvalue weighted by atomic mass is 10.1. The number of anilines is 1. The molecule has 100 valence electrons. The van der Waals surface area contributed by atoms with E-state index in [9.17, 15) is 8.78 Å². The van der Waals surface area contributed by atoms with Crippen LogP contribution >= 0.6 is 0 Å². The highest BCUT2D eigenvalue weighted by atomic mass is 19.1. The van der Waals surface area contributed by atoms with E-state index in [4.69, 9.17) is 4.74 Å². The molecule has 1 N–H and O–H groups in total. The minimum absolute atomic E-state index is 0.0938. The van der Waals surface area contributed by atoms with Crippen LogP contribution in [0.1, 0.15) is 5.82 Å². The maximum Gasteiger partial charge on any atom is 0.157 e. The summed E-state index contributed by atoms with van der Waals surface area (Å²) < 4.78 is 31.9. The molecule has 2 rings (SSSR count). The molecule has 19 heavy (non-hydrogen) atoms. The maximum absolute atomic E-state index is 13.7. The van der Waals surface area contributed by atoms with Crippen molar-refractivity contribution in [3.05, 3.63) is 41.7 Å². The van der Waals surface area contributed by atoms with Gasteiger partial charge in [-0.2, -0.15) is 0 Å². The quantitative estimate of drug-likeness (QED) is 0.923. The van der Waals surface area contributed by atoms with Gasteiger partial charge in [0.05, 0.1) is 5.69 Å². The Hall–Kier alpha value is -2.08. The van der Waals surface area contributed by atoms with Crippen LogP contribution in [0.15, 0.2) is 24.3 Å². The van der Waals surface area contributed by atoms with Gasteiger partial charge < -0.3 is 10.1 Å². The monoisotopic (exact) mass is 265 g/mol. The Labute approximate surface area is 109 Å². The van der Waals surface area contributed by atoms with Crippen molar-refractivity contribution in [2.75, 3.05) is 19.5 Å². The molecule has 0 aliphatic rings. The molecule has 0 saturated heterocycles. The zero-order valence-electron chi connectivity index (χ0n) is 10.6. The van der Waals surface area contributed by atoms with E-state index in [2.05, 4.69) is 15.3 Å². The molecule has 1 aromatic carbocycles. The Morgan fingerprint density at radius 1 is 1.21 bits per heavy atom. The first-order valence-corrected chi connectivity index (χ1v) is 5.64. The van der Waals surface area contributed by atoms with Crippen molar-refractivity contribution in [1.82, 2.24) is 9.97 Å². The molecule has 2 aromatic rings. The fourth-order valence-electron chi connectivity index (χ4n) is 1.65.